The van der Waals surface area contributed by atoms with Gasteiger partial charge in [-0.3, -0.25) is 9.47 Å². The van der Waals surface area contributed by atoms with Crippen molar-refractivity contribution >= 4 is 16.7 Å². The number of aromatic nitrogens is 2. The highest BCUT2D eigenvalue weighted by molar-refractivity contribution is 5.75. The number of benzene rings is 2. The molecule has 1 N–H and O–H groups in total. The van der Waals surface area contributed by atoms with Crippen LogP contribution in [0.15, 0.2) is 53.3 Å². The van der Waals surface area contributed by atoms with Crippen LogP contribution in [0.2, 0.25) is 0 Å². The van der Waals surface area contributed by atoms with Gasteiger partial charge in [0.2, 0.25) is 0 Å². The highest BCUT2D eigenvalue weighted by Gasteiger charge is 2.35. The third-order valence-electron chi connectivity index (χ3n) is 6.06. The summed E-state index contributed by atoms with van der Waals surface area (Å²) < 4.78 is 15.8. The second kappa shape index (κ2) is 6.53. The number of rotatable bonds is 3. The fraction of sp³-hybridized carbons (Fsp3) is 0.381. The average Bonchev–Trinajstić information content (AvgIpc) is 2.98. The van der Waals surface area contributed by atoms with Crippen LogP contribution in [-0.2, 0) is 0 Å². The summed E-state index contributed by atoms with van der Waals surface area (Å²) in [5, 5.41) is 0. The van der Waals surface area contributed by atoms with E-state index in [1.165, 1.54) is 6.07 Å². The monoisotopic (exact) mass is 366 g/mol. The Bertz CT molecular complexity index is 1010. The summed E-state index contributed by atoms with van der Waals surface area (Å²) in [7, 11) is 0. The number of nitrogens with zero attached hydrogens (tertiary/aromatic N) is 3. The number of H-pyrrole nitrogens is 1. The first-order valence-electron chi connectivity index (χ1n) is 9.63. The molecule has 140 valence electrons. The molecule has 2 fully saturated rings. The number of anilines is 1. The Morgan fingerprint density at radius 3 is 2.41 bits per heavy atom. The van der Waals surface area contributed by atoms with Gasteiger partial charge in [0.25, 0.3) is 0 Å². The van der Waals surface area contributed by atoms with Gasteiger partial charge in [-0.1, -0.05) is 24.3 Å². The summed E-state index contributed by atoms with van der Waals surface area (Å²) >= 11 is 0. The second-order valence-corrected chi connectivity index (χ2v) is 7.59. The number of para-hydroxylation sites is 3. The van der Waals surface area contributed by atoms with Crippen molar-refractivity contribution in [3.8, 4) is 0 Å². The predicted molar refractivity (Wildman–Crippen MR) is 105 cm³/mol. The van der Waals surface area contributed by atoms with Crippen molar-refractivity contribution in [3.63, 3.8) is 0 Å². The van der Waals surface area contributed by atoms with Crippen LogP contribution in [0.1, 0.15) is 18.9 Å². The van der Waals surface area contributed by atoms with Gasteiger partial charge in [-0.25, -0.2) is 9.18 Å². The Hall–Kier alpha value is -2.60. The van der Waals surface area contributed by atoms with Gasteiger partial charge in [0.15, 0.2) is 0 Å². The molecular formula is C21H23FN4O. The maximum atomic E-state index is 13.9. The molecule has 0 radical (unpaired) electrons. The van der Waals surface area contributed by atoms with Gasteiger partial charge in [-0.05, 0) is 37.1 Å². The molecule has 2 saturated heterocycles. The first-order valence-corrected chi connectivity index (χ1v) is 9.63. The molecule has 2 aliphatic rings. The third kappa shape index (κ3) is 2.84. The molecule has 2 aromatic carbocycles. The summed E-state index contributed by atoms with van der Waals surface area (Å²) in [5.41, 5.74) is 2.60. The summed E-state index contributed by atoms with van der Waals surface area (Å²) in [4.78, 5) is 20.0. The van der Waals surface area contributed by atoms with Crippen molar-refractivity contribution in [2.45, 2.75) is 24.9 Å². The van der Waals surface area contributed by atoms with E-state index in [9.17, 15) is 9.18 Å². The van der Waals surface area contributed by atoms with E-state index < -0.39 is 0 Å². The highest BCUT2D eigenvalue weighted by atomic mass is 19.1. The maximum Gasteiger partial charge on any atom is 0.326 e. The number of imidazole rings is 1. The number of aromatic amines is 1. The fourth-order valence-corrected chi connectivity index (χ4v) is 4.54. The lowest BCUT2D eigenvalue weighted by atomic mass is 9.98. The number of likely N-dealkylation sites (tertiary alicyclic amines) is 1. The molecule has 3 aromatic rings. The van der Waals surface area contributed by atoms with E-state index >= 15 is 0 Å². The van der Waals surface area contributed by atoms with Crippen molar-refractivity contribution in [2.75, 3.05) is 31.1 Å². The van der Waals surface area contributed by atoms with Gasteiger partial charge >= 0.3 is 5.69 Å². The molecule has 0 bridgehead atoms. The van der Waals surface area contributed by atoms with Crippen LogP contribution >= 0.6 is 0 Å². The normalized spacial score (nSPS) is 19.5. The van der Waals surface area contributed by atoms with Gasteiger partial charge in [0, 0.05) is 38.3 Å². The third-order valence-corrected chi connectivity index (χ3v) is 6.06. The first-order chi connectivity index (χ1) is 13.2. The zero-order valence-electron chi connectivity index (χ0n) is 15.1. The minimum atomic E-state index is -0.145. The molecule has 5 nitrogen and oxygen atoms in total. The summed E-state index contributed by atoms with van der Waals surface area (Å²) in [5.74, 6) is -0.145. The SMILES string of the molecule is O=c1[nH]c2ccccc2n1C1CCN(C2CN(c3ccccc3F)C2)CC1. The molecule has 5 rings (SSSR count). The molecule has 27 heavy (non-hydrogen) atoms. The Kier molecular flexibility index (Phi) is 4.01. The number of halogens is 1. The Morgan fingerprint density at radius 1 is 0.926 bits per heavy atom. The number of fused-ring (bicyclic) bond motifs is 1. The van der Waals surface area contributed by atoms with Gasteiger partial charge in [0.05, 0.1) is 16.7 Å². The topological polar surface area (TPSA) is 44.3 Å². The quantitative estimate of drug-likeness (QED) is 0.775. The summed E-state index contributed by atoms with van der Waals surface area (Å²) in [6.45, 7) is 3.70. The van der Waals surface area contributed by atoms with Crippen LogP contribution in [0.3, 0.4) is 0 Å². The number of piperidine rings is 1. The molecule has 6 heteroatoms. The maximum absolute atomic E-state index is 13.9. The van der Waals surface area contributed by atoms with Crippen molar-refractivity contribution in [2.24, 2.45) is 0 Å². The lowest BCUT2D eigenvalue weighted by Crippen LogP contribution is -2.61. The molecule has 2 aliphatic heterocycles. The first kappa shape index (κ1) is 16.6. The van der Waals surface area contributed by atoms with E-state index in [0.29, 0.717) is 11.7 Å². The van der Waals surface area contributed by atoms with Crippen molar-refractivity contribution < 1.29 is 4.39 Å². The van der Waals surface area contributed by atoms with Crippen LogP contribution in [-0.4, -0.2) is 46.7 Å². The molecule has 0 saturated carbocycles. The molecule has 0 amide bonds. The van der Waals surface area contributed by atoms with Crippen LogP contribution in [0, 0.1) is 5.82 Å². The summed E-state index contributed by atoms with van der Waals surface area (Å²) in [6, 6.07) is 15.6. The van der Waals surface area contributed by atoms with E-state index in [-0.39, 0.29) is 17.5 Å². The van der Waals surface area contributed by atoms with E-state index in [1.54, 1.807) is 6.07 Å². The Balaban J connectivity index is 1.23. The average molecular weight is 366 g/mol. The van der Waals surface area contributed by atoms with E-state index in [0.717, 1.165) is 50.1 Å². The molecule has 0 spiro atoms. The van der Waals surface area contributed by atoms with E-state index in [1.807, 2.05) is 41.0 Å². The van der Waals surface area contributed by atoms with Gasteiger partial charge < -0.3 is 9.88 Å². The van der Waals surface area contributed by atoms with Crippen molar-refractivity contribution in [3.05, 3.63) is 64.8 Å². The van der Waals surface area contributed by atoms with Gasteiger partial charge in [0.1, 0.15) is 5.82 Å². The van der Waals surface area contributed by atoms with E-state index in [4.69, 9.17) is 0 Å². The van der Waals surface area contributed by atoms with Crippen molar-refractivity contribution in [1.82, 2.24) is 14.5 Å². The molecule has 0 aliphatic carbocycles. The summed E-state index contributed by atoms with van der Waals surface area (Å²) in [6.07, 6.45) is 1.94. The Labute approximate surface area is 157 Å². The predicted octanol–water partition coefficient (Wildman–Crippen LogP) is 2.99. The van der Waals surface area contributed by atoms with Crippen LogP contribution in [0.4, 0.5) is 10.1 Å². The standard InChI is InChI=1S/C21H23FN4O/c22-17-5-1-3-7-19(17)25-13-16(14-25)24-11-9-15(10-12-24)26-20-8-4-2-6-18(20)23-21(26)27/h1-8,15-16H,9-14H2,(H,23,27). The smallest absolute Gasteiger partial charge is 0.326 e. The molecule has 0 unspecified atom stereocenters. The zero-order valence-corrected chi connectivity index (χ0v) is 15.1. The minimum Gasteiger partial charge on any atom is -0.366 e. The van der Waals surface area contributed by atoms with Crippen LogP contribution < -0.4 is 10.6 Å². The van der Waals surface area contributed by atoms with Crippen LogP contribution in [0.5, 0.6) is 0 Å². The molecular weight excluding hydrogens is 343 g/mol. The largest absolute Gasteiger partial charge is 0.366 e. The second-order valence-electron chi connectivity index (χ2n) is 7.59. The number of hydrogen-bond donors (Lipinski definition) is 1. The van der Waals surface area contributed by atoms with Gasteiger partial charge in [-0.15, -0.1) is 0 Å². The fourth-order valence-electron chi connectivity index (χ4n) is 4.54. The zero-order chi connectivity index (χ0) is 18.4. The lowest BCUT2D eigenvalue weighted by molar-refractivity contribution is 0.115. The highest BCUT2D eigenvalue weighted by Crippen LogP contribution is 2.30. The van der Waals surface area contributed by atoms with Crippen LogP contribution in [0.25, 0.3) is 11.0 Å². The number of hydrogen-bond acceptors (Lipinski definition) is 3. The lowest BCUT2D eigenvalue weighted by Gasteiger charge is -2.48. The molecule has 3 heterocycles. The molecule has 0 atom stereocenters. The Morgan fingerprint density at radius 2 is 1.63 bits per heavy atom. The van der Waals surface area contributed by atoms with Crippen molar-refractivity contribution in [1.29, 1.82) is 0 Å². The van der Waals surface area contributed by atoms with E-state index in [2.05, 4.69) is 14.8 Å². The molecule has 1 aromatic heterocycles. The van der Waals surface area contributed by atoms with Gasteiger partial charge in [-0.2, -0.15) is 0 Å². The number of nitrogens with one attached hydrogen (secondary N) is 1. The minimum absolute atomic E-state index is 0.0102.